The van der Waals surface area contributed by atoms with Gasteiger partial charge < -0.3 is 9.88 Å². The lowest BCUT2D eigenvalue weighted by Crippen LogP contribution is -2.35. The van der Waals surface area contributed by atoms with Gasteiger partial charge in [-0.15, -0.1) is 0 Å². The molecule has 1 atom stereocenters. The molecule has 0 fully saturated rings. The normalized spacial score (nSPS) is 12.4. The van der Waals surface area contributed by atoms with Crippen molar-refractivity contribution in [3.05, 3.63) is 64.1 Å². The molecule has 1 aromatic heterocycles. The van der Waals surface area contributed by atoms with Gasteiger partial charge in [0.15, 0.2) is 0 Å². The van der Waals surface area contributed by atoms with E-state index in [9.17, 15) is 18.0 Å². The molecule has 8 heteroatoms. The minimum Gasteiger partial charge on any atom is -0.348 e. The van der Waals surface area contributed by atoms with E-state index in [2.05, 4.69) is 10.0 Å². The number of sulfonamides is 1. The molecule has 0 saturated heterocycles. The summed E-state index contributed by atoms with van der Waals surface area (Å²) in [4.78, 5) is 24.9. The third kappa shape index (κ3) is 4.95. The predicted octanol–water partition coefficient (Wildman–Crippen LogP) is 1.80. The van der Waals surface area contributed by atoms with Crippen LogP contribution in [0.3, 0.4) is 0 Å². The Bertz CT molecular complexity index is 937. The topological polar surface area (TPSA) is 97.3 Å². The predicted molar refractivity (Wildman–Crippen MR) is 102 cm³/mol. The van der Waals surface area contributed by atoms with Crippen LogP contribution in [0.4, 0.5) is 5.69 Å². The molecule has 26 heavy (non-hydrogen) atoms. The fraction of sp³-hybridized carbons (Fsp3) is 0.333. The average Bonchev–Trinajstić information content (AvgIpc) is 2.61. The number of amides is 1. The van der Waals surface area contributed by atoms with Gasteiger partial charge in [-0.1, -0.05) is 30.3 Å². The van der Waals surface area contributed by atoms with E-state index in [-0.39, 0.29) is 29.9 Å². The van der Waals surface area contributed by atoms with Gasteiger partial charge in [0, 0.05) is 5.69 Å². The van der Waals surface area contributed by atoms with Crippen molar-refractivity contribution < 1.29 is 13.2 Å². The molecule has 2 rings (SSSR count). The Morgan fingerprint density at radius 2 is 1.81 bits per heavy atom. The van der Waals surface area contributed by atoms with Crippen molar-refractivity contribution >= 4 is 21.6 Å². The Morgan fingerprint density at radius 3 is 2.42 bits per heavy atom. The highest BCUT2D eigenvalue weighted by molar-refractivity contribution is 7.92. The minimum absolute atomic E-state index is 0.0682. The first kappa shape index (κ1) is 19.7. The maximum absolute atomic E-state index is 12.5. The zero-order valence-electron chi connectivity index (χ0n) is 15.0. The van der Waals surface area contributed by atoms with E-state index in [1.54, 1.807) is 13.0 Å². The van der Waals surface area contributed by atoms with Gasteiger partial charge in [0.1, 0.15) is 12.2 Å². The molecule has 7 nitrogen and oxygen atoms in total. The molecule has 0 saturated carbocycles. The van der Waals surface area contributed by atoms with E-state index in [4.69, 9.17) is 0 Å². The number of aromatic nitrogens is 1. The molecule has 1 aromatic carbocycles. The van der Waals surface area contributed by atoms with Crippen molar-refractivity contribution in [3.63, 3.8) is 0 Å². The van der Waals surface area contributed by atoms with E-state index in [0.717, 1.165) is 5.56 Å². The molecule has 2 aromatic rings. The Morgan fingerprint density at radius 1 is 1.15 bits per heavy atom. The van der Waals surface area contributed by atoms with E-state index >= 15 is 0 Å². The van der Waals surface area contributed by atoms with E-state index in [1.165, 1.54) is 17.6 Å². The maximum Gasteiger partial charge on any atom is 0.275 e. The fourth-order valence-electron chi connectivity index (χ4n) is 2.44. The molecule has 0 radical (unpaired) electrons. The van der Waals surface area contributed by atoms with Gasteiger partial charge in [0.25, 0.3) is 5.56 Å². The summed E-state index contributed by atoms with van der Waals surface area (Å²) in [5.41, 5.74) is 0.900. The Labute approximate surface area is 153 Å². The highest BCUT2D eigenvalue weighted by Crippen LogP contribution is 2.11. The van der Waals surface area contributed by atoms with Gasteiger partial charge in [0.2, 0.25) is 15.9 Å². The van der Waals surface area contributed by atoms with Gasteiger partial charge in [-0.3, -0.25) is 14.3 Å². The van der Waals surface area contributed by atoms with Crippen LogP contribution in [0.2, 0.25) is 0 Å². The molecular formula is C18H23N3O4S. The number of rotatable bonds is 7. The number of benzene rings is 1. The van der Waals surface area contributed by atoms with Crippen LogP contribution in [0, 0.1) is 6.92 Å². The van der Waals surface area contributed by atoms with Crippen LogP contribution in [0.15, 0.2) is 47.3 Å². The molecule has 0 aliphatic rings. The van der Waals surface area contributed by atoms with Crippen molar-refractivity contribution in [2.75, 3.05) is 10.5 Å². The fourth-order valence-corrected chi connectivity index (χ4v) is 3.08. The molecule has 140 valence electrons. The smallest absolute Gasteiger partial charge is 0.275 e. The average molecular weight is 377 g/mol. The molecule has 0 unspecified atom stereocenters. The molecule has 0 spiro atoms. The summed E-state index contributed by atoms with van der Waals surface area (Å²) in [6.07, 6.45) is 0. The largest absolute Gasteiger partial charge is 0.348 e. The number of anilines is 1. The summed E-state index contributed by atoms with van der Waals surface area (Å²) in [5.74, 6) is -0.475. The number of pyridine rings is 1. The molecule has 1 heterocycles. The van der Waals surface area contributed by atoms with Crippen molar-refractivity contribution in [1.29, 1.82) is 0 Å². The van der Waals surface area contributed by atoms with Crippen LogP contribution in [0.25, 0.3) is 0 Å². The first-order chi connectivity index (χ1) is 12.2. The van der Waals surface area contributed by atoms with E-state index in [1.807, 2.05) is 37.3 Å². The van der Waals surface area contributed by atoms with Crippen molar-refractivity contribution in [1.82, 2.24) is 9.88 Å². The summed E-state index contributed by atoms with van der Waals surface area (Å²) in [6, 6.07) is 12.3. The van der Waals surface area contributed by atoms with Crippen molar-refractivity contribution in [2.45, 2.75) is 33.4 Å². The third-order valence-corrected chi connectivity index (χ3v) is 5.31. The van der Waals surface area contributed by atoms with Gasteiger partial charge >= 0.3 is 0 Å². The van der Waals surface area contributed by atoms with Gasteiger partial charge in [0.05, 0.1) is 11.8 Å². The summed E-state index contributed by atoms with van der Waals surface area (Å²) < 4.78 is 26.9. The first-order valence-electron chi connectivity index (χ1n) is 8.28. The highest BCUT2D eigenvalue weighted by atomic mass is 32.2. The standard InChI is InChI=1S/C18H23N3O4S/c1-4-26(24,25)20-16-11-10-13(2)21(18(16)23)12-17(22)19-14(3)15-8-6-5-7-9-15/h5-11,14,20H,4,12H2,1-3H3,(H,19,22)/t14-/m0/s1. The lowest BCUT2D eigenvalue weighted by molar-refractivity contribution is -0.122. The Hall–Kier alpha value is -2.61. The SMILES string of the molecule is CCS(=O)(=O)Nc1ccc(C)n(CC(=O)N[C@@H](C)c2ccccc2)c1=O. The quantitative estimate of drug-likeness (QED) is 0.769. The minimum atomic E-state index is -3.57. The van der Waals surface area contributed by atoms with Crippen molar-refractivity contribution in [3.8, 4) is 0 Å². The Kier molecular flexibility index (Phi) is 6.20. The zero-order chi connectivity index (χ0) is 19.3. The number of nitrogens with one attached hydrogen (secondary N) is 2. The second-order valence-corrected chi connectivity index (χ2v) is 8.00. The van der Waals surface area contributed by atoms with Crippen LogP contribution >= 0.6 is 0 Å². The molecule has 0 aliphatic heterocycles. The number of carbonyl (C=O) groups excluding carboxylic acids is 1. The number of nitrogens with zero attached hydrogens (tertiary/aromatic N) is 1. The lowest BCUT2D eigenvalue weighted by atomic mass is 10.1. The molecule has 0 aliphatic carbocycles. The van der Waals surface area contributed by atoms with Crippen molar-refractivity contribution in [2.24, 2.45) is 0 Å². The van der Waals surface area contributed by atoms with Crippen LogP contribution in [-0.4, -0.2) is 24.6 Å². The monoisotopic (exact) mass is 377 g/mol. The third-order valence-electron chi connectivity index (χ3n) is 4.02. The van der Waals surface area contributed by atoms with Crippen LogP contribution in [0.5, 0.6) is 0 Å². The second kappa shape index (κ2) is 8.18. The maximum atomic E-state index is 12.5. The van der Waals surface area contributed by atoms with Gasteiger partial charge in [-0.2, -0.15) is 0 Å². The number of aryl methyl sites for hydroxylation is 1. The highest BCUT2D eigenvalue weighted by Gasteiger charge is 2.15. The number of hydrogen-bond donors (Lipinski definition) is 2. The molecular weight excluding hydrogens is 354 g/mol. The van der Waals surface area contributed by atoms with Crippen LogP contribution < -0.4 is 15.6 Å². The summed E-state index contributed by atoms with van der Waals surface area (Å²) in [7, 11) is -3.57. The zero-order valence-corrected chi connectivity index (χ0v) is 15.8. The number of hydrogen-bond acceptors (Lipinski definition) is 4. The van der Waals surface area contributed by atoms with Crippen LogP contribution in [-0.2, 0) is 21.4 Å². The molecule has 0 bridgehead atoms. The van der Waals surface area contributed by atoms with Gasteiger partial charge in [-0.25, -0.2) is 8.42 Å². The summed E-state index contributed by atoms with van der Waals surface area (Å²) >= 11 is 0. The molecule has 1 amide bonds. The first-order valence-corrected chi connectivity index (χ1v) is 9.94. The van der Waals surface area contributed by atoms with Crippen LogP contribution in [0.1, 0.15) is 31.1 Å². The second-order valence-electron chi connectivity index (χ2n) is 5.99. The molecule has 2 N–H and O–H groups in total. The summed E-state index contributed by atoms with van der Waals surface area (Å²) in [5, 5.41) is 2.84. The lowest BCUT2D eigenvalue weighted by Gasteiger charge is -2.16. The summed E-state index contributed by atoms with van der Waals surface area (Å²) in [6.45, 7) is 4.83. The Balaban J connectivity index is 2.18. The van der Waals surface area contributed by atoms with E-state index < -0.39 is 15.6 Å². The van der Waals surface area contributed by atoms with E-state index in [0.29, 0.717) is 5.69 Å². The van der Waals surface area contributed by atoms with Gasteiger partial charge in [-0.05, 0) is 38.5 Å². The number of carbonyl (C=O) groups is 1.